The number of methoxy groups -OCH3 is 1. The van der Waals surface area contributed by atoms with Gasteiger partial charge in [-0.2, -0.15) is 0 Å². The van der Waals surface area contributed by atoms with Gasteiger partial charge in [-0.25, -0.2) is 4.98 Å². The van der Waals surface area contributed by atoms with Crippen molar-refractivity contribution >= 4 is 6.29 Å². The number of aldehydes is 1. The summed E-state index contributed by atoms with van der Waals surface area (Å²) in [4.78, 5) is 15.2. The van der Waals surface area contributed by atoms with Crippen molar-refractivity contribution in [1.82, 2.24) is 4.98 Å². The van der Waals surface area contributed by atoms with Crippen LogP contribution in [0.3, 0.4) is 0 Å². The molecule has 0 N–H and O–H groups in total. The fraction of sp³-hybridized carbons (Fsp3) is 0.412. The third kappa shape index (κ3) is 2.98. The normalized spacial score (nSPS) is 21.7. The number of pyridine rings is 1. The van der Waals surface area contributed by atoms with Crippen LogP contribution in [0.2, 0.25) is 0 Å². The van der Waals surface area contributed by atoms with E-state index in [4.69, 9.17) is 4.74 Å². The number of nitrogens with zero attached hydrogens (tertiary/aromatic N) is 1. The first kappa shape index (κ1) is 14.5. The lowest BCUT2D eigenvalue weighted by Crippen LogP contribution is -2.20. The van der Waals surface area contributed by atoms with Crippen LogP contribution in [0, 0.1) is 11.8 Å². The van der Waals surface area contributed by atoms with Gasteiger partial charge in [-0.1, -0.05) is 37.6 Å². The van der Waals surface area contributed by atoms with Gasteiger partial charge in [0, 0.05) is 24.6 Å². The molecule has 20 heavy (non-hydrogen) atoms. The molecule has 0 spiro atoms. The third-order valence-corrected chi connectivity index (χ3v) is 3.84. The number of carbonyl (C=O) groups is 1. The van der Waals surface area contributed by atoms with Gasteiger partial charge in [0.2, 0.25) is 5.88 Å². The van der Waals surface area contributed by atoms with Crippen molar-refractivity contribution in [2.24, 2.45) is 11.8 Å². The second kappa shape index (κ2) is 6.51. The Bertz CT molecular complexity index is 532. The summed E-state index contributed by atoms with van der Waals surface area (Å²) in [6.07, 6.45) is 9.72. The molecule has 0 saturated carbocycles. The summed E-state index contributed by atoms with van der Waals surface area (Å²) in [5.41, 5.74) is 2.48. The average Bonchev–Trinajstić information content (AvgIpc) is 2.47. The van der Waals surface area contributed by atoms with Crippen molar-refractivity contribution < 1.29 is 9.53 Å². The molecular weight excluding hydrogens is 250 g/mol. The zero-order valence-electron chi connectivity index (χ0n) is 12.2. The largest absolute Gasteiger partial charge is 0.481 e. The molecule has 106 valence electrons. The summed E-state index contributed by atoms with van der Waals surface area (Å²) in [5.74, 6) is 1.49. The maximum absolute atomic E-state index is 11.1. The molecule has 0 aliphatic heterocycles. The summed E-state index contributed by atoms with van der Waals surface area (Å²) in [6, 6.07) is 3.95. The van der Waals surface area contributed by atoms with Crippen LogP contribution < -0.4 is 4.74 Å². The number of aromatic nitrogens is 1. The van der Waals surface area contributed by atoms with Crippen molar-refractivity contribution in [1.29, 1.82) is 0 Å². The molecule has 0 aromatic carbocycles. The highest BCUT2D eigenvalue weighted by atomic mass is 16.5. The van der Waals surface area contributed by atoms with E-state index in [2.05, 4.69) is 37.1 Å². The summed E-state index contributed by atoms with van der Waals surface area (Å²) >= 11 is 0. The second-order valence-electron chi connectivity index (χ2n) is 5.37. The van der Waals surface area contributed by atoms with Gasteiger partial charge in [0.15, 0.2) is 0 Å². The van der Waals surface area contributed by atoms with E-state index in [0.29, 0.717) is 18.2 Å². The smallest absolute Gasteiger partial charge is 0.213 e. The molecular formula is C17H21NO2. The fourth-order valence-corrected chi connectivity index (χ4v) is 2.85. The highest BCUT2D eigenvalue weighted by Crippen LogP contribution is 2.39. The molecule has 0 amide bonds. The number of hydrogen-bond acceptors (Lipinski definition) is 3. The molecule has 3 heteroatoms. The molecule has 0 radical (unpaired) electrons. The van der Waals surface area contributed by atoms with Crippen molar-refractivity contribution in [3.05, 3.63) is 47.7 Å². The molecule has 2 atom stereocenters. The molecule has 1 heterocycles. The van der Waals surface area contributed by atoms with Gasteiger partial charge in [0.1, 0.15) is 6.29 Å². The van der Waals surface area contributed by atoms with E-state index in [1.807, 2.05) is 12.1 Å². The SMILES string of the molecule is COc1cc(C2C=CC=C(C(C)C)C2CC=O)ccn1. The maximum Gasteiger partial charge on any atom is 0.213 e. The lowest BCUT2D eigenvalue weighted by molar-refractivity contribution is -0.108. The first-order valence-corrected chi connectivity index (χ1v) is 6.99. The Morgan fingerprint density at radius 2 is 2.25 bits per heavy atom. The first-order chi connectivity index (χ1) is 9.67. The Kier molecular flexibility index (Phi) is 4.72. The molecule has 0 bridgehead atoms. The van der Waals surface area contributed by atoms with Crippen molar-refractivity contribution in [2.45, 2.75) is 26.2 Å². The maximum atomic E-state index is 11.1. The fourth-order valence-electron chi connectivity index (χ4n) is 2.85. The zero-order valence-corrected chi connectivity index (χ0v) is 12.2. The van der Waals surface area contributed by atoms with Crippen molar-refractivity contribution in [2.75, 3.05) is 7.11 Å². The molecule has 1 aromatic heterocycles. The van der Waals surface area contributed by atoms with Gasteiger partial charge in [-0.05, 0) is 23.5 Å². The molecule has 3 nitrogen and oxygen atoms in total. The van der Waals surface area contributed by atoms with E-state index in [1.165, 1.54) is 5.57 Å². The highest BCUT2D eigenvalue weighted by Gasteiger charge is 2.28. The monoisotopic (exact) mass is 271 g/mol. The number of hydrogen-bond donors (Lipinski definition) is 0. The first-order valence-electron chi connectivity index (χ1n) is 6.99. The molecule has 1 aliphatic carbocycles. The standard InChI is InChI=1S/C17H21NO2/c1-12(2)14-5-4-6-15(16(14)8-10-19)13-7-9-18-17(11-13)20-3/h4-7,9-12,15-16H,8H2,1-3H3. The molecule has 1 aromatic rings. The van der Waals surface area contributed by atoms with Crippen LogP contribution >= 0.6 is 0 Å². The molecule has 1 aliphatic rings. The Hall–Kier alpha value is -1.90. The quantitative estimate of drug-likeness (QED) is 0.769. The molecule has 0 saturated heterocycles. The van der Waals surface area contributed by atoms with Gasteiger partial charge < -0.3 is 9.53 Å². The van der Waals surface area contributed by atoms with E-state index >= 15 is 0 Å². The Morgan fingerprint density at radius 1 is 1.45 bits per heavy atom. The average molecular weight is 271 g/mol. The third-order valence-electron chi connectivity index (χ3n) is 3.84. The van der Waals surface area contributed by atoms with Crippen LogP contribution in [0.25, 0.3) is 0 Å². The Labute approximate surface area is 120 Å². The van der Waals surface area contributed by atoms with Gasteiger partial charge in [-0.15, -0.1) is 0 Å². The Balaban J connectivity index is 2.36. The van der Waals surface area contributed by atoms with Crippen LogP contribution in [0.5, 0.6) is 5.88 Å². The van der Waals surface area contributed by atoms with E-state index in [0.717, 1.165) is 11.8 Å². The predicted molar refractivity (Wildman–Crippen MR) is 79.8 cm³/mol. The number of rotatable bonds is 5. The van der Waals surface area contributed by atoms with Gasteiger partial charge >= 0.3 is 0 Å². The minimum absolute atomic E-state index is 0.208. The zero-order chi connectivity index (χ0) is 14.5. The summed E-state index contributed by atoms with van der Waals surface area (Å²) in [5, 5.41) is 0. The minimum Gasteiger partial charge on any atom is -0.481 e. The summed E-state index contributed by atoms with van der Waals surface area (Å²) in [7, 11) is 1.62. The van der Waals surface area contributed by atoms with Gasteiger partial charge in [-0.3, -0.25) is 0 Å². The van der Waals surface area contributed by atoms with Crippen molar-refractivity contribution in [3.8, 4) is 5.88 Å². The van der Waals surface area contributed by atoms with Crippen LogP contribution in [-0.4, -0.2) is 18.4 Å². The summed E-state index contributed by atoms with van der Waals surface area (Å²) < 4.78 is 5.20. The van der Waals surface area contributed by atoms with Crippen LogP contribution in [0.4, 0.5) is 0 Å². The van der Waals surface area contributed by atoms with Crippen LogP contribution in [-0.2, 0) is 4.79 Å². The van der Waals surface area contributed by atoms with Crippen LogP contribution in [0.15, 0.2) is 42.1 Å². The lowest BCUT2D eigenvalue weighted by Gasteiger charge is -2.31. The summed E-state index contributed by atoms with van der Waals surface area (Å²) in [6.45, 7) is 4.35. The number of ether oxygens (including phenoxy) is 1. The molecule has 2 rings (SSSR count). The van der Waals surface area contributed by atoms with E-state index in [1.54, 1.807) is 13.3 Å². The Morgan fingerprint density at radius 3 is 2.90 bits per heavy atom. The van der Waals surface area contributed by atoms with Crippen molar-refractivity contribution in [3.63, 3.8) is 0 Å². The second-order valence-corrected chi connectivity index (χ2v) is 5.37. The molecule has 0 fully saturated rings. The topological polar surface area (TPSA) is 39.2 Å². The lowest BCUT2D eigenvalue weighted by atomic mass is 9.73. The van der Waals surface area contributed by atoms with E-state index in [-0.39, 0.29) is 11.8 Å². The number of carbonyl (C=O) groups excluding carboxylic acids is 1. The highest BCUT2D eigenvalue weighted by molar-refractivity contribution is 5.53. The predicted octanol–water partition coefficient (Wildman–Crippen LogP) is 3.53. The number of allylic oxidation sites excluding steroid dienone is 4. The van der Waals surface area contributed by atoms with Gasteiger partial charge in [0.05, 0.1) is 7.11 Å². The molecule has 2 unspecified atom stereocenters. The minimum atomic E-state index is 0.208. The van der Waals surface area contributed by atoms with E-state index < -0.39 is 0 Å². The van der Waals surface area contributed by atoms with Gasteiger partial charge in [0.25, 0.3) is 0 Å². The van der Waals surface area contributed by atoms with Crippen LogP contribution in [0.1, 0.15) is 31.7 Å². The van der Waals surface area contributed by atoms with E-state index in [9.17, 15) is 4.79 Å².